The Morgan fingerprint density at radius 3 is 2.48 bits per heavy atom. The first kappa shape index (κ1) is 16.1. The molecule has 21 heavy (non-hydrogen) atoms. The number of hydrogen-bond donors (Lipinski definition) is 2. The summed E-state index contributed by atoms with van der Waals surface area (Å²) in [6, 6.07) is 5.72. The molecule has 3 N–H and O–H groups in total. The van der Waals surface area contributed by atoms with Gasteiger partial charge >= 0.3 is 0 Å². The van der Waals surface area contributed by atoms with Gasteiger partial charge in [-0.25, -0.2) is 5.43 Å². The SMILES string of the molecule is CCOC1(C(NN)c2ccc(OC)cc2OC)CCCC1. The number of nitrogens with one attached hydrogen (secondary N) is 1. The summed E-state index contributed by atoms with van der Waals surface area (Å²) in [6.07, 6.45) is 4.34. The molecule has 1 aromatic carbocycles. The van der Waals surface area contributed by atoms with E-state index in [2.05, 4.69) is 5.43 Å². The zero-order valence-corrected chi connectivity index (χ0v) is 13.1. The number of ether oxygens (including phenoxy) is 3. The smallest absolute Gasteiger partial charge is 0.127 e. The van der Waals surface area contributed by atoms with Gasteiger partial charge in [0.1, 0.15) is 11.5 Å². The molecule has 118 valence electrons. The van der Waals surface area contributed by atoms with E-state index in [0.717, 1.165) is 42.7 Å². The van der Waals surface area contributed by atoms with Gasteiger partial charge in [0, 0.05) is 18.2 Å². The Morgan fingerprint density at radius 2 is 1.95 bits per heavy atom. The van der Waals surface area contributed by atoms with Crippen LogP contribution in [-0.2, 0) is 4.74 Å². The molecule has 0 saturated heterocycles. The van der Waals surface area contributed by atoms with Crippen LogP contribution in [0.5, 0.6) is 11.5 Å². The summed E-state index contributed by atoms with van der Waals surface area (Å²) < 4.78 is 16.9. The average molecular weight is 294 g/mol. The van der Waals surface area contributed by atoms with Crippen molar-refractivity contribution in [2.24, 2.45) is 5.84 Å². The fourth-order valence-electron chi connectivity index (χ4n) is 3.36. The Bertz CT molecular complexity index is 459. The first-order chi connectivity index (χ1) is 10.2. The highest BCUT2D eigenvalue weighted by Crippen LogP contribution is 2.45. The van der Waals surface area contributed by atoms with Crippen molar-refractivity contribution in [1.82, 2.24) is 5.43 Å². The molecule has 0 bridgehead atoms. The van der Waals surface area contributed by atoms with Crippen molar-refractivity contribution in [3.05, 3.63) is 23.8 Å². The second kappa shape index (κ2) is 7.11. The maximum absolute atomic E-state index is 6.12. The van der Waals surface area contributed by atoms with E-state index in [1.807, 2.05) is 25.1 Å². The Hall–Kier alpha value is -1.30. The van der Waals surface area contributed by atoms with Crippen LogP contribution in [0.2, 0.25) is 0 Å². The minimum atomic E-state index is -0.259. The number of nitrogens with two attached hydrogens (primary N) is 1. The average Bonchev–Trinajstić information content (AvgIpc) is 2.98. The summed E-state index contributed by atoms with van der Waals surface area (Å²) in [7, 11) is 3.31. The predicted molar refractivity (Wildman–Crippen MR) is 82.4 cm³/mol. The van der Waals surface area contributed by atoms with Gasteiger partial charge in [-0.2, -0.15) is 0 Å². The Kier molecular flexibility index (Phi) is 5.45. The highest BCUT2D eigenvalue weighted by Gasteiger charge is 2.43. The molecule has 5 nitrogen and oxygen atoms in total. The van der Waals surface area contributed by atoms with Gasteiger partial charge in [-0.3, -0.25) is 5.84 Å². The molecule has 0 radical (unpaired) electrons. The molecule has 0 aromatic heterocycles. The highest BCUT2D eigenvalue weighted by atomic mass is 16.5. The fraction of sp³-hybridized carbons (Fsp3) is 0.625. The Labute approximate surface area is 126 Å². The summed E-state index contributed by atoms with van der Waals surface area (Å²) in [5.41, 5.74) is 3.70. The maximum Gasteiger partial charge on any atom is 0.127 e. The third-order valence-corrected chi connectivity index (χ3v) is 4.33. The number of rotatable bonds is 7. The van der Waals surface area contributed by atoms with E-state index < -0.39 is 0 Å². The molecule has 1 fully saturated rings. The number of methoxy groups -OCH3 is 2. The van der Waals surface area contributed by atoms with E-state index in [-0.39, 0.29) is 11.6 Å². The van der Waals surface area contributed by atoms with Gasteiger partial charge in [0.05, 0.1) is 25.9 Å². The standard InChI is InChI=1S/C16H26N2O3/c1-4-21-16(9-5-6-10-16)15(18-17)13-8-7-12(19-2)11-14(13)20-3/h7-8,11,15,18H,4-6,9-10,17H2,1-3H3. The van der Waals surface area contributed by atoms with E-state index >= 15 is 0 Å². The monoisotopic (exact) mass is 294 g/mol. The molecule has 1 aliphatic rings. The number of benzene rings is 1. The van der Waals surface area contributed by atoms with Gasteiger partial charge in [0.25, 0.3) is 0 Å². The minimum Gasteiger partial charge on any atom is -0.497 e. The van der Waals surface area contributed by atoms with Crippen molar-refractivity contribution < 1.29 is 14.2 Å². The van der Waals surface area contributed by atoms with Gasteiger partial charge in [0.15, 0.2) is 0 Å². The molecular formula is C16H26N2O3. The lowest BCUT2D eigenvalue weighted by atomic mass is 9.86. The maximum atomic E-state index is 6.12. The zero-order valence-electron chi connectivity index (χ0n) is 13.1. The summed E-state index contributed by atoms with van der Waals surface area (Å²) >= 11 is 0. The predicted octanol–water partition coefficient (Wildman–Crippen LogP) is 2.56. The van der Waals surface area contributed by atoms with Crippen LogP contribution in [0.15, 0.2) is 18.2 Å². The topological polar surface area (TPSA) is 65.7 Å². The first-order valence-electron chi connectivity index (χ1n) is 7.52. The van der Waals surface area contributed by atoms with Gasteiger partial charge in [-0.1, -0.05) is 12.8 Å². The fourth-order valence-corrected chi connectivity index (χ4v) is 3.36. The van der Waals surface area contributed by atoms with Crippen LogP contribution in [-0.4, -0.2) is 26.4 Å². The lowest BCUT2D eigenvalue weighted by Gasteiger charge is -2.37. The molecule has 1 aromatic rings. The van der Waals surface area contributed by atoms with E-state index in [1.165, 1.54) is 0 Å². The van der Waals surface area contributed by atoms with Crippen molar-refractivity contribution in [3.63, 3.8) is 0 Å². The molecule has 0 heterocycles. The Balaban J connectivity index is 2.40. The third-order valence-electron chi connectivity index (χ3n) is 4.33. The van der Waals surface area contributed by atoms with E-state index in [9.17, 15) is 0 Å². The van der Waals surface area contributed by atoms with Crippen LogP contribution in [0.1, 0.15) is 44.2 Å². The summed E-state index contributed by atoms with van der Waals surface area (Å²) in [5.74, 6) is 7.41. The number of hydrazine groups is 1. The third kappa shape index (κ3) is 3.15. The molecule has 2 rings (SSSR count). The Morgan fingerprint density at radius 1 is 1.24 bits per heavy atom. The van der Waals surface area contributed by atoms with Crippen LogP contribution in [0.3, 0.4) is 0 Å². The molecule has 1 unspecified atom stereocenters. The van der Waals surface area contributed by atoms with Gasteiger partial charge in [0.2, 0.25) is 0 Å². The minimum absolute atomic E-state index is 0.0965. The van der Waals surface area contributed by atoms with Crippen LogP contribution < -0.4 is 20.7 Å². The van der Waals surface area contributed by atoms with E-state index in [0.29, 0.717) is 6.61 Å². The van der Waals surface area contributed by atoms with Crippen molar-refractivity contribution >= 4 is 0 Å². The largest absolute Gasteiger partial charge is 0.497 e. The highest BCUT2D eigenvalue weighted by molar-refractivity contribution is 5.43. The number of hydrogen-bond acceptors (Lipinski definition) is 5. The molecule has 1 saturated carbocycles. The molecule has 0 spiro atoms. The second-order valence-corrected chi connectivity index (χ2v) is 5.41. The van der Waals surface area contributed by atoms with E-state index in [4.69, 9.17) is 20.1 Å². The molecule has 1 atom stereocenters. The van der Waals surface area contributed by atoms with Gasteiger partial charge in [-0.05, 0) is 31.9 Å². The molecule has 5 heteroatoms. The van der Waals surface area contributed by atoms with Crippen molar-refractivity contribution in [2.45, 2.75) is 44.2 Å². The molecule has 0 aliphatic heterocycles. The first-order valence-corrected chi connectivity index (χ1v) is 7.52. The van der Waals surface area contributed by atoms with Crippen LogP contribution in [0, 0.1) is 0 Å². The van der Waals surface area contributed by atoms with Crippen molar-refractivity contribution in [3.8, 4) is 11.5 Å². The zero-order chi connectivity index (χ0) is 15.3. The van der Waals surface area contributed by atoms with Crippen LogP contribution in [0.25, 0.3) is 0 Å². The molecule has 0 amide bonds. The summed E-state index contributed by atoms with van der Waals surface area (Å²) in [4.78, 5) is 0. The lowest BCUT2D eigenvalue weighted by molar-refractivity contribution is -0.0631. The van der Waals surface area contributed by atoms with Gasteiger partial charge < -0.3 is 14.2 Å². The van der Waals surface area contributed by atoms with E-state index in [1.54, 1.807) is 14.2 Å². The van der Waals surface area contributed by atoms with Crippen LogP contribution in [0.4, 0.5) is 0 Å². The molecule has 1 aliphatic carbocycles. The lowest BCUT2D eigenvalue weighted by Crippen LogP contribution is -2.47. The summed E-state index contributed by atoms with van der Waals surface area (Å²) in [5, 5.41) is 0. The van der Waals surface area contributed by atoms with Crippen LogP contribution >= 0.6 is 0 Å². The molecular weight excluding hydrogens is 268 g/mol. The normalized spacial score (nSPS) is 18.5. The summed E-state index contributed by atoms with van der Waals surface area (Å²) in [6.45, 7) is 2.70. The second-order valence-electron chi connectivity index (χ2n) is 5.41. The van der Waals surface area contributed by atoms with Gasteiger partial charge in [-0.15, -0.1) is 0 Å². The quantitative estimate of drug-likeness (QED) is 0.597. The van der Waals surface area contributed by atoms with Crippen molar-refractivity contribution in [1.29, 1.82) is 0 Å². The van der Waals surface area contributed by atoms with Crippen molar-refractivity contribution in [2.75, 3.05) is 20.8 Å².